The first-order valence-electron chi connectivity index (χ1n) is 7.08. The van der Waals surface area contributed by atoms with Crippen molar-refractivity contribution in [1.82, 2.24) is 29.9 Å². The average molecular weight is 314 g/mol. The first-order chi connectivity index (χ1) is 10.9. The molecule has 7 nitrogen and oxygen atoms in total. The average Bonchev–Trinajstić information content (AvgIpc) is 3.30. The molecule has 0 radical (unpaired) electrons. The van der Waals surface area contributed by atoms with Crippen LogP contribution in [-0.2, 0) is 11.3 Å². The van der Waals surface area contributed by atoms with Gasteiger partial charge in [-0.2, -0.15) is 0 Å². The lowest BCUT2D eigenvalue weighted by atomic mass is 10.1. The molecule has 0 N–H and O–H groups in total. The smallest absolute Gasteiger partial charge is 0.188 e. The molecule has 8 heteroatoms. The summed E-state index contributed by atoms with van der Waals surface area (Å²) in [4.78, 5) is 13.0. The van der Waals surface area contributed by atoms with E-state index in [1.54, 1.807) is 18.5 Å². The van der Waals surface area contributed by atoms with Crippen LogP contribution < -0.4 is 0 Å². The van der Waals surface area contributed by atoms with Gasteiger partial charge in [-0.3, -0.25) is 0 Å². The summed E-state index contributed by atoms with van der Waals surface area (Å²) in [7, 11) is 0. The molecule has 1 atom stereocenters. The summed E-state index contributed by atoms with van der Waals surface area (Å²) in [6, 6.07) is 1.79. The maximum atomic E-state index is 5.39. The first-order valence-corrected chi connectivity index (χ1v) is 7.96. The van der Waals surface area contributed by atoms with Gasteiger partial charge in [0.25, 0.3) is 0 Å². The summed E-state index contributed by atoms with van der Waals surface area (Å²) in [5.74, 6) is 1.03. The quantitative estimate of drug-likeness (QED) is 0.730. The molecule has 0 amide bonds. The number of nitrogens with zero attached hydrogens (tertiary/aromatic N) is 6. The molecule has 3 aromatic heterocycles. The van der Waals surface area contributed by atoms with Crippen LogP contribution in [0.2, 0.25) is 0 Å². The van der Waals surface area contributed by atoms with Gasteiger partial charge in [-0.15, -0.1) is 16.4 Å². The number of aromatic nitrogens is 6. The molecule has 22 heavy (non-hydrogen) atoms. The van der Waals surface area contributed by atoms with Crippen LogP contribution in [-0.4, -0.2) is 43.2 Å². The van der Waals surface area contributed by atoms with Gasteiger partial charge in [-0.25, -0.2) is 19.6 Å². The Balaban J connectivity index is 1.48. The monoisotopic (exact) mass is 314 g/mol. The maximum Gasteiger partial charge on any atom is 0.188 e. The fraction of sp³-hybridized carbons (Fsp3) is 0.357. The Bertz CT molecular complexity index is 750. The fourth-order valence-electron chi connectivity index (χ4n) is 2.40. The van der Waals surface area contributed by atoms with Crippen molar-refractivity contribution >= 4 is 11.3 Å². The van der Waals surface area contributed by atoms with Gasteiger partial charge in [0.05, 0.1) is 24.5 Å². The Labute approximate surface area is 131 Å². The molecule has 4 rings (SSSR count). The van der Waals surface area contributed by atoms with Crippen LogP contribution in [0.25, 0.3) is 10.8 Å². The SMILES string of the molecule is c1cnc(-c2nc(Cn3cc(C4CCOC4)nn3)cs2)nc1. The number of thiazole rings is 1. The zero-order valence-electron chi connectivity index (χ0n) is 11.8. The van der Waals surface area contributed by atoms with Crippen molar-refractivity contribution in [3.63, 3.8) is 0 Å². The predicted molar refractivity (Wildman–Crippen MR) is 80.4 cm³/mol. The van der Waals surface area contributed by atoms with E-state index in [-0.39, 0.29) is 0 Å². The molecule has 0 bridgehead atoms. The molecule has 1 saturated heterocycles. The van der Waals surface area contributed by atoms with Crippen molar-refractivity contribution < 1.29 is 4.74 Å². The van der Waals surface area contributed by atoms with E-state index in [0.29, 0.717) is 18.3 Å². The molecule has 0 spiro atoms. The van der Waals surface area contributed by atoms with Gasteiger partial charge in [-0.1, -0.05) is 5.21 Å². The fourth-order valence-corrected chi connectivity index (χ4v) is 3.16. The van der Waals surface area contributed by atoms with Gasteiger partial charge >= 0.3 is 0 Å². The normalized spacial score (nSPS) is 17.9. The van der Waals surface area contributed by atoms with E-state index >= 15 is 0 Å². The highest BCUT2D eigenvalue weighted by Gasteiger charge is 2.20. The van der Waals surface area contributed by atoms with Crippen LogP contribution in [0, 0.1) is 0 Å². The van der Waals surface area contributed by atoms with Gasteiger partial charge in [-0.05, 0) is 12.5 Å². The Hall–Kier alpha value is -2.19. The van der Waals surface area contributed by atoms with Gasteiger partial charge in [0.1, 0.15) is 0 Å². The first kappa shape index (κ1) is 13.5. The number of hydrogen-bond donors (Lipinski definition) is 0. The van der Waals surface area contributed by atoms with Crippen molar-refractivity contribution in [3.8, 4) is 10.8 Å². The van der Waals surface area contributed by atoms with Crippen LogP contribution in [0.5, 0.6) is 0 Å². The summed E-state index contributed by atoms with van der Waals surface area (Å²) in [5, 5.41) is 11.3. The van der Waals surface area contributed by atoms with Crippen LogP contribution in [0.1, 0.15) is 23.7 Å². The lowest BCUT2D eigenvalue weighted by Gasteiger charge is -2.00. The third-order valence-electron chi connectivity index (χ3n) is 3.54. The second-order valence-electron chi connectivity index (χ2n) is 5.12. The van der Waals surface area contributed by atoms with Crippen molar-refractivity contribution in [2.24, 2.45) is 0 Å². The molecular weight excluding hydrogens is 300 g/mol. The van der Waals surface area contributed by atoms with E-state index in [4.69, 9.17) is 4.74 Å². The van der Waals surface area contributed by atoms with Crippen molar-refractivity contribution in [2.45, 2.75) is 18.9 Å². The molecule has 0 saturated carbocycles. The Morgan fingerprint density at radius 2 is 2.23 bits per heavy atom. The van der Waals surface area contributed by atoms with Crippen molar-refractivity contribution in [1.29, 1.82) is 0 Å². The molecule has 1 fully saturated rings. The van der Waals surface area contributed by atoms with Crippen molar-refractivity contribution in [3.05, 3.63) is 41.4 Å². The summed E-state index contributed by atoms with van der Waals surface area (Å²) in [6.45, 7) is 2.15. The highest BCUT2D eigenvalue weighted by Crippen LogP contribution is 2.23. The van der Waals surface area contributed by atoms with Gasteiger partial charge in [0, 0.05) is 36.5 Å². The summed E-state index contributed by atoms with van der Waals surface area (Å²) in [6.07, 6.45) is 6.44. The second-order valence-corrected chi connectivity index (χ2v) is 5.98. The minimum atomic E-state index is 0.373. The molecule has 3 aromatic rings. The second kappa shape index (κ2) is 5.90. The number of hydrogen-bond acceptors (Lipinski definition) is 7. The van der Waals surface area contributed by atoms with Crippen LogP contribution in [0.3, 0.4) is 0 Å². The third kappa shape index (κ3) is 2.75. The largest absolute Gasteiger partial charge is 0.381 e. The predicted octanol–water partition coefficient (Wildman–Crippen LogP) is 1.74. The van der Waals surface area contributed by atoms with E-state index in [2.05, 4.69) is 25.3 Å². The van der Waals surface area contributed by atoms with Gasteiger partial charge in [0.2, 0.25) is 0 Å². The lowest BCUT2D eigenvalue weighted by Crippen LogP contribution is -2.01. The highest BCUT2D eigenvalue weighted by atomic mass is 32.1. The van der Waals surface area contributed by atoms with Crippen molar-refractivity contribution in [2.75, 3.05) is 13.2 Å². The van der Waals surface area contributed by atoms with E-state index in [9.17, 15) is 0 Å². The Morgan fingerprint density at radius 3 is 3.05 bits per heavy atom. The van der Waals surface area contributed by atoms with Crippen LogP contribution in [0.15, 0.2) is 30.0 Å². The third-order valence-corrected chi connectivity index (χ3v) is 4.42. The zero-order valence-corrected chi connectivity index (χ0v) is 12.6. The van der Waals surface area contributed by atoms with Crippen LogP contribution in [0.4, 0.5) is 0 Å². The Morgan fingerprint density at radius 1 is 1.32 bits per heavy atom. The van der Waals surface area contributed by atoms with E-state index in [0.717, 1.165) is 36.0 Å². The standard InChI is InChI=1S/C14H14N6OS/c1-3-15-13(16-4-1)14-17-11(9-22-14)6-20-7-12(18-19-20)10-2-5-21-8-10/h1,3-4,7,9-10H,2,5-6,8H2. The maximum absolute atomic E-state index is 5.39. The topological polar surface area (TPSA) is 78.6 Å². The molecule has 0 aliphatic carbocycles. The molecule has 1 unspecified atom stereocenters. The zero-order chi connectivity index (χ0) is 14.8. The van der Waals surface area contributed by atoms with Gasteiger partial charge in [0.15, 0.2) is 10.8 Å². The molecule has 1 aliphatic heterocycles. The summed E-state index contributed by atoms with van der Waals surface area (Å²) < 4.78 is 7.21. The number of rotatable bonds is 4. The summed E-state index contributed by atoms with van der Waals surface area (Å²) in [5.41, 5.74) is 1.94. The molecular formula is C14H14N6OS. The van der Waals surface area contributed by atoms with E-state index in [1.807, 2.05) is 16.3 Å². The molecule has 4 heterocycles. The molecule has 0 aromatic carbocycles. The lowest BCUT2D eigenvalue weighted by molar-refractivity contribution is 0.193. The highest BCUT2D eigenvalue weighted by molar-refractivity contribution is 7.13. The minimum Gasteiger partial charge on any atom is -0.381 e. The summed E-state index contributed by atoms with van der Waals surface area (Å²) >= 11 is 1.54. The Kier molecular flexibility index (Phi) is 3.61. The molecule has 112 valence electrons. The number of ether oxygens (including phenoxy) is 1. The van der Waals surface area contributed by atoms with E-state index in [1.165, 1.54) is 11.3 Å². The minimum absolute atomic E-state index is 0.373. The van der Waals surface area contributed by atoms with Gasteiger partial charge < -0.3 is 4.74 Å². The van der Waals surface area contributed by atoms with E-state index < -0.39 is 0 Å². The van der Waals surface area contributed by atoms with Crippen LogP contribution >= 0.6 is 11.3 Å². The molecule has 1 aliphatic rings.